The average molecular weight is 400 g/mol. The van der Waals surface area contributed by atoms with Crippen LogP contribution >= 0.6 is 11.6 Å². The van der Waals surface area contributed by atoms with Crippen LogP contribution in [0.5, 0.6) is 0 Å². The molecule has 0 spiro atoms. The van der Waals surface area contributed by atoms with Crippen LogP contribution in [0.25, 0.3) is 0 Å². The van der Waals surface area contributed by atoms with Crippen molar-refractivity contribution < 1.29 is 8.42 Å². The first-order valence-corrected chi connectivity index (χ1v) is 10.1. The SMILES string of the molecule is CN(CCN1CCN(c2nccnc2Cl)CC1)S(=O)(=O)c1cnn(C)c1. The van der Waals surface area contributed by atoms with Gasteiger partial charge in [-0.05, 0) is 0 Å². The minimum atomic E-state index is -3.50. The van der Waals surface area contributed by atoms with Gasteiger partial charge in [0.1, 0.15) is 4.90 Å². The summed E-state index contributed by atoms with van der Waals surface area (Å²) in [6.07, 6.45) is 6.08. The summed E-state index contributed by atoms with van der Waals surface area (Å²) in [7, 11) is -0.210. The first kappa shape index (κ1) is 19.0. The number of rotatable bonds is 6. The molecular weight excluding hydrogens is 378 g/mol. The number of hydrogen-bond donors (Lipinski definition) is 0. The lowest BCUT2D eigenvalue weighted by atomic mass is 10.3. The van der Waals surface area contributed by atoms with Crippen LogP contribution in [0.4, 0.5) is 5.82 Å². The van der Waals surface area contributed by atoms with Crippen molar-refractivity contribution in [3.05, 3.63) is 29.9 Å². The molecule has 0 N–H and O–H groups in total. The minimum absolute atomic E-state index is 0.213. The van der Waals surface area contributed by atoms with Crippen molar-refractivity contribution in [1.82, 2.24) is 29.0 Å². The molecule has 1 fully saturated rings. The maximum Gasteiger partial charge on any atom is 0.245 e. The monoisotopic (exact) mass is 399 g/mol. The fourth-order valence-electron chi connectivity index (χ4n) is 2.82. The Morgan fingerprint density at radius 1 is 1.19 bits per heavy atom. The standard InChI is InChI=1S/C15H22ClN7O2S/c1-20-12-13(11-19-20)26(24,25)21(2)5-6-22-7-9-23(10-8-22)15-14(16)17-3-4-18-15/h3-4,11-12H,5-10H2,1-2H3. The van der Waals surface area contributed by atoms with E-state index >= 15 is 0 Å². The van der Waals surface area contributed by atoms with E-state index in [-0.39, 0.29) is 4.90 Å². The van der Waals surface area contributed by atoms with Crippen LogP contribution < -0.4 is 4.90 Å². The number of likely N-dealkylation sites (N-methyl/N-ethyl adjacent to an activating group) is 1. The summed E-state index contributed by atoms with van der Waals surface area (Å²) >= 11 is 6.10. The molecule has 0 unspecified atom stereocenters. The molecule has 0 bridgehead atoms. The largest absolute Gasteiger partial charge is 0.351 e. The summed E-state index contributed by atoms with van der Waals surface area (Å²) < 4.78 is 27.9. The maximum atomic E-state index is 12.5. The fraction of sp³-hybridized carbons (Fsp3) is 0.533. The third-order valence-corrected chi connectivity index (χ3v) is 6.50. The van der Waals surface area contributed by atoms with Crippen molar-refractivity contribution in [3.63, 3.8) is 0 Å². The molecule has 0 aromatic carbocycles. The lowest BCUT2D eigenvalue weighted by Crippen LogP contribution is -2.49. The molecule has 26 heavy (non-hydrogen) atoms. The highest BCUT2D eigenvalue weighted by Crippen LogP contribution is 2.21. The highest BCUT2D eigenvalue weighted by molar-refractivity contribution is 7.89. The molecule has 9 nitrogen and oxygen atoms in total. The lowest BCUT2D eigenvalue weighted by Gasteiger charge is -2.35. The van der Waals surface area contributed by atoms with Gasteiger partial charge in [0.05, 0.1) is 6.20 Å². The molecule has 3 rings (SSSR count). The zero-order valence-electron chi connectivity index (χ0n) is 14.8. The molecule has 1 aliphatic rings. The second kappa shape index (κ2) is 7.87. The quantitative estimate of drug-likeness (QED) is 0.690. The predicted octanol–water partition coefficient (Wildman–Crippen LogP) is 0.306. The number of sulfonamides is 1. The van der Waals surface area contributed by atoms with Crippen molar-refractivity contribution in [2.24, 2.45) is 7.05 Å². The Bertz CT molecular complexity index is 849. The predicted molar refractivity (Wildman–Crippen MR) is 98.7 cm³/mol. The van der Waals surface area contributed by atoms with E-state index in [9.17, 15) is 8.42 Å². The van der Waals surface area contributed by atoms with Crippen molar-refractivity contribution in [2.45, 2.75) is 4.90 Å². The second-order valence-corrected chi connectivity index (χ2v) is 8.58. The highest BCUT2D eigenvalue weighted by Gasteiger charge is 2.24. The van der Waals surface area contributed by atoms with E-state index in [1.807, 2.05) is 0 Å². The molecule has 0 aliphatic carbocycles. The number of aryl methyl sites for hydroxylation is 1. The average Bonchev–Trinajstić information content (AvgIpc) is 3.08. The molecular formula is C15H22ClN7O2S. The molecule has 2 aromatic rings. The molecule has 0 amide bonds. The Balaban J connectivity index is 1.51. The Labute approximate surface area is 158 Å². The Morgan fingerprint density at radius 2 is 1.88 bits per heavy atom. The van der Waals surface area contributed by atoms with E-state index in [0.717, 1.165) is 26.2 Å². The fourth-order valence-corrected chi connectivity index (χ4v) is 4.20. The molecule has 11 heteroatoms. The van der Waals surface area contributed by atoms with Gasteiger partial charge in [-0.1, -0.05) is 11.6 Å². The van der Waals surface area contributed by atoms with Crippen LogP contribution in [-0.2, 0) is 17.1 Å². The van der Waals surface area contributed by atoms with Crippen molar-refractivity contribution in [3.8, 4) is 0 Å². The third-order valence-electron chi connectivity index (χ3n) is 4.43. The molecule has 2 aromatic heterocycles. The van der Waals surface area contributed by atoms with Crippen molar-refractivity contribution >= 4 is 27.4 Å². The van der Waals surface area contributed by atoms with Gasteiger partial charge in [-0.3, -0.25) is 9.58 Å². The van der Waals surface area contributed by atoms with Gasteiger partial charge in [0, 0.05) is 72.0 Å². The molecule has 0 atom stereocenters. The molecule has 3 heterocycles. The van der Waals surface area contributed by atoms with Crippen molar-refractivity contribution in [2.75, 3.05) is 51.2 Å². The minimum Gasteiger partial charge on any atom is -0.351 e. The summed E-state index contributed by atoms with van der Waals surface area (Å²) in [4.78, 5) is 12.9. The van der Waals surface area contributed by atoms with Crippen LogP contribution in [-0.4, -0.2) is 83.7 Å². The number of anilines is 1. The van der Waals surface area contributed by atoms with Crippen LogP contribution in [0.15, 0.2) is 29.7 Å². The summed E-state index contributed by atoms with van der Waals surface area (Å²) in [5.41, 5.74) is 0. The number of hydrogen-bond acceptors (Lipinski definition) is 7. The zero-order chi connectivity index (χ0) is 18.7. The van der Waals surface area contributed by atoms with E-state index in [0.29, 0.717) is 24.1 Å². The number of aromatic nitrogens is 4. The van der Waals surface area contributed by atoms with E-state index in [2.05, 4.69) is 24.9 Å². The Hall–Kier alpha value is -1.75. The maximum absolute atomic E-state index is 12.5. The summed E-state index contributed by atoms with van der Waals surface area (Å²) in [5, 5.41) is 4.34. The van der Waals surface area contributed by atoms with Gasteiger partial charge in [-0.2, -0.15) is 9.40 Å². The van der Waals surface area contributed by atoms with Crippen molar-refractivity contribution in [1.29, 1.82) is 0 Å². The molecule has 142 valence electrons. The summed E-state index contributed by atoms with van der Waals surface area (Å²) in [6, 6.07) is 0. The van der Waals surface area contributed by atoms with Gasteiger partial charge in [-0.25, -0.2) is 18.4 Å². The Kier molecular flexibility index (Phi) is 5.76. The zero-order valence-corrected chi connectivity index (χ0v) is 16.4. The lowest BCUT2D eigenvalue weighted by molar-refractivity contribution is 0.243. The normalized spacial score (nSPS) is 16.4. The van der Waals surface area contributed by atoms with Gasteiger partial charge >= 0.3 is 0 Å². The van der Waals surface area contributed by atoms with E-state index < -0.39 is 10.0 Å². The molecule has 1 saturated heterocycles. The summed E-state index contributed by atoms with van der Waals surface area (Å²) in [6.45, 7) is 4.26. The van der Waals surface area contributed by atoms with Gasteiger partial charge in [0.15, 0.2) is 11.0 Å². The van der Waals surface area contributed by atoms with Gasteiger partial charge in [-0.15, -0.1) is 0 Å². The van der Waals surface area contributed by atoms with Crippen LogP contribution in [0.1, 0.15) is 0 Å². The Morgan fingerprint density at radius 3 is 2.50 bits per heavy atom. The second-order valence-electron chi connectivity index (χ2n) is 6.18. The van der Waals surface area contributed by atoms with Gasteiger partial charge in [0.25, 0.3) is 0 Å². The molecule has 0 saturated carbocycles. The molecule has 1 aliphatic heterocycles. The first-order chi connectivity index (χ1) is 12.4. The van der Waals surface area contributed by atoms with Crippen LogP contribution in [0.3, 0.4) is 0 Å². The van der Waals surface area contributed by atoms with Gasteiger partial charge < -0.3 is 4.90 Å². The number of piperazine rings is 1. The first-order valence-electron chi connectivity index (χ1n) is 8.27. The third kappa shape index (κ3) is 4.14. The van der Waals surface area contributed by atoms with E-state index in [1.54, 1.807) is 26.5 Å². The summed E-state index contributed by atoms with van der Waals surface area (Å²) in [5.74, 6) is 0.699. The van der Waals surface area contributed by atoms with E-state index in [4.69, 9.17) is 11.6 Å². The van der Waals surface area contributed by atoms with Crippen LogP contribution in [0, 0.1) is 0 Å². The smallest absolute Gasteiger partial charge is 0.245 e. The topological polar surface area (TPSA) is 87.5 Å². The van der Waals surface area contributed by atoms with Gasteiger partial charge in [0.2, 0.25) is 10.0 Å². The van der Waals surface area contributed by atoms with E-state index in [1.165, 1.54) is 21.4 Å². The number of nitrogens with zero attached hydrogens (tertiary/aromatic N) is 7. The number of halogens is 1. The highest BCUT2D eigenvalue weighted by atomic mass is 35.5. The van der Waals surface area contributed by atoms with Crippen LogP contribution in [0.2, 0.25) is 5.15 Å². The molecule has 0 radical (unpaired) electrons.